The zero-order valence-electron chi connectivity index (χ0n) is 8.80. The first-order valence-corrected chi connectivity index (χ1v) is 5.25. The Hall–Kier alpha value is -0.790. The van der Waals surface area contributed by atoms with Crippen molar-refractivity contribution in [1.29, 1.82) is 0 Å². The maximum Gasteiger partial charge on any atom is 0.0653 e. The van der Waals surface area contributed by atoms with Gasteiger partial charge in [-0.2, -0.15) is 5.10 Å². The van der Waals surface area contributed by atoms with Gasteiger partial charge < -0.3 is 0 Å². The summed E-state index contributed by atoms with van der Waals surface area (Å²) >= 11 is 0. The molecule has 0 atom stereocenters. The molecule has 0 bridgehead atoms. The molecule has 1 aromatic heterocycles. The molecule has 1 heterocycles. The number of hydrogen-bond donors (Lipinski definition) is 0. The van der Waals surface area contributed by atoms with Crippen LogP contribution in [0.25, 0.3) is 0 Å². The number of rotatable bonds is 3. The standard InChI is InChI=1S/C11H18N2/c1-4-11-8(2)9(3)13(12-11)7-10-5-6-10/h10H,4-7H2,1-3H3. The molecule has 0 saturated heterocycles. The topological polar surface area (TPSA) is 17.8 Å². The molecule has 0 aromatic carbocycles. The molecule has 0 amide bonds. The Balaban J connectivity index is 2.23. The predicted molar refractivity (Wildman–Crippen MR) is 53.8 cm³/mol. The number of aryl methyl sites for hydroxylation is 1. The van der Waals surface area contributed by atoms with Crippen LogP contribution in [-0.4, -0.2) is 9.78 Å². The summed E-state index contributed by atoms with van der Waals surface area (Å²) in [7, 11) is 0. The van der Waals surface area contributed by atoms with Crippen LogP contribution < -0.4 is 0 Å². The minimum absolute atomic E-state index is 0.919. The summed E-state index contributed by atoms with van der Waals surface area (Å²) in [5, 5.41) is 4.62. The lowest BCUT2D eigenvalue weighted by Crippen LogP contribution is -2.04. The lowest BCUT2D eigenvalue weighted by Gasteiger charge is -2.01. The Morgan fingerprint density at radius 2 is 2.08 bits per heavy atom. The Kier molecular flexibility index (Phi) is 2.14. The van der Waals surface area contributed by atoms with Gasteiger partial charge in [-0.25, -0.2) is 0 Å². The van der Waals surface area contributed by atoms with E-state index in [0.29, 0.717) is 0 Å². The summed E-state index contributed by atoms with van der Waals surface area (Å²) in [5.41, 5.74) is 4.03. The van der Waals surface area contributed by atoms with Gasteiger partial charge in [0.05, 0.1) is 5.69 Å². The van der Waals surface area contributed by atoms with Crippen molar-refractivity contribution in [1.82, 2.24) is 9.78 Å². The van der Waals surface area contributed by atoms with Crippen molar-refractivity contribution in [2.45, 2.75) is 46.6 Å². The van der Waals surface area contributed by atoms with Crippen molar-refractivity contribution < 1.29 is 0 Å². The lowest BCUT2D eigenvalue weighted by atomic mass is 10.2. The molecule has 0 aliphatic heterocycles. The molecule has 1 aromatic rings. The van der Waals surface area contributed by atoms with E-state index in [1.807, 2.05) is 0 Å². The van der Waals surface area contributed by atoms with Crippen molar-refractivity contribution in [2.75, 3.05) is 0 Å². The molecule has 72 valence electrons. The van der Waals surface area contributed by atoms with Crippen LogP contribution in [0.15, 0.2) is 0 Å². The van der Waals surface area contributed by atoms with E-state index < -0.39 is 0 Å². The van der Waals surface area contributed by atoms with E-state index in [-0.39, 0.29) is 0 Å². The van der Waals surface area contributed by atoms with E-state index in [2.05, 4.69) is 30.6 Å². The van der Waals surface area contributed by atoms with Crippen LogP contribution >= 0.6 is 0 Å². The van der Waals surface area contributed by atoms with Gasteiger partial charge >= 0.3 is 0 Å². The van der Waals surface area contributed by atoms with Crippen LogP contribution in [0.3, 0.4) is 0 Å². The first-order valence-electron chi connectivity index (χ1n) is 5.25. The average Bonchev–Trinajstić information content (AvgIpc) is 2.89. The highest BCUT2D eigenvalue weighted by Crippen LogP contribution is 2.31. The summed E-state index contributed by atoms with van der Waals surface area (Å²) in [4.78, 5) is 0. The third-order valence-corrected chi connectivity index (χ3v) is 3.07. The summed E-state index contributed by atoms with van der Waals surface area (Å²) < 4.78 is 2.20. The molecule has 1 aliphatic rings. The molecule has 2 heteroatoms. The molecule has 2 nitrogen and oxygen atoms in total. The van der Waals surface area contributed by atoms with Crippen molar-refractivity contribution in [2.24, 2.45) is 5.92 Å². The maximum atomic E-state index is 4.62. The highest BCUT2D eigenvalue weighted by molar-refractivity contribution is 5.23. The minimum atomic E-state index is 0.919. The van der Waals surface area contributed by atoms with Gasteiger partial charge in [0.1, 0.15) is 0 Å². The molecule has 1 aliphatic carbocycles. The molecular formula is C11H18N2. The third kappa shape index (κ3) is 1.62. The van der Waals surface area contributed by atoms with Crippen molar-refractivity contribution in [3.63, 3.8) is 0 Å². The molecule has 1 saturated carbocycles. The van der Waals surface area contributed by atoms with Gasteiger partial charge in [0.2, 0.25) is 0 Å². The zero-order chi connectivity index (χ0) is 9.42. The third-order valence-electron chi connectivity index (χ3n) is 3.07. The van der Waals surface area contributed by atoms with E-state index in [9.17, 15) is 0 Å². The number of hydrogen-bond acceptors (Lipinski definition) is 1. The van der Waals surface area contributed by atoms with Crippen LogP contribution in [0.1, 0.15) is 36.7 Å². The van der Waals surface area contributed by atoms with E-state index >= 15 is 0 Å². The fourth-order valence-corrected chi connectivity index (χ4v) is 1.76. The quantitative estimate of drug-likeness (QED) is 0.695. The van der Waals surface area contributed by atoms with Gasteiger partial charge in [0.15, 0.2) is 0 Å². The van der Waals surface area contributed by atoms with Gasteiger partial charge in [-0.3, -0.25) is 4.68 Å². The average molecular weight is 178 g/mol. The lowest BCUT2D eigenvalue weighted by molar-refractivity contribution is 0.544. The maximum absolute atomic E-state index is 4.62. The molecule has 13 heavy (non-hydrogen) atoms. The van der Waals surface area contributed by atoms with Crippen LogP contribution in [0, 0.1) is 19.8 Å². The fourth-order valence-electron chi connectivity index (χ4n) is 1.76. The minimum Gasteiger partial charge on any atom is -0.269 e. The van der Waals surface area contributed by atoms with E-state index in [1.54, 1.807) is 0 Å². The highest BCUT2D eigenvalue weighted by atomic mass is 15.3. The van der Waals surface area contributed by atoms with Crippen LogP contribution in [0.2, 0.25) is 0 Å². The molecule has 0 radical (unpaired) electrons. The monoisotopic (exact) mass is 178 g/mol. The summed E-state index contributed by atoms with van der Waals surface area (Å²) in [6.45, 7) is 7.69. The molecular weight excluding hydrogens is 160 g/mol. The number of nitrogens with zero attached hydrogens (tertiary/aromatic N) is 2. The van der Waals surface area contributed by atoms with Crippen molar-refractivity contribution in [3.8, 4) is 0 Å². The number of aromatic nitrogens is 2. The highest BCUT2D eigenvalue weighted by Gasteiger charge is 2.23. The van der Waals surface area contributed by atoms with Gasteiger partial charge in [-0.15, -0.1) is 0 Å². The molecule has 0 unspecified atom stereocenters. The van der Waals surface area contributed by atoms with Crippen molar-refractivity contribution >= 4 is 0 Å². The van der Waals surface area contributed by atoms with E-state index in [1.165, 1.54) is 29.8 Å². The van der Waals surface area contributed by atoms with Gasteiger partial charge in [-0.1, -0.05) is 6.92 Å². The second kappa shape index (κ2) is 3.17. The van der Waals surface area contributed by atoms with Crippen molar-refractivity contribution in [3.05, 3.63) is 17.0 Å². The second-order valence-electron chi connectivity index (χ2n) is 4.14. The molecule has 2 rings (SSSR count). The first-order chi connectivity index (χ1) is 6.22. The summed E-state index contributed by atoms with van der Waals surface area (Å²) in [6, 6.07) is 0. The Morgan fingerprint density at radius 3 is 2.54 bits per heavy atom. The van der Waals surface area contributed by atoms with E-state index in [0.717, 1.165) is 18.9 Å². The summed E-state index contributed by atoms with van der Waals surface area (Å²) in [6.07, 6.45) is 3.87. The normalized spacial score (nSPS) is 16.5. The first kappa shape index (κ1) is 8.79. The zero-order valence-corrected chi connectivity index (χ0v) is 8.80. The second-order valence-corrected chi connectivity index (χ2v) is 4.14. The molecule has 1 fully saturated rings. The smallest absolute Gasteiger partial charge is 0.0653 e. The summed E-state index contributed by atoms with van der Waals surface area (Å²) in [5.74, 6) is 0.919. The van der Waals surface area contributed by atoms with Gasteiger partial charge in [-0.05, 0) is 44.6 Å². The fraction of sp³-hybridized carbons (Fsp3) is 0.727. The van der Waals surface area contributed by atoms with Gasteiger partial charge in [0.25, 0.3) is 0 Å². The SMILES string of the molecule is CCc1nn(CC2CC2)c(C)c1C. The molecule has 0 N–H and O–H groups in total. The Morgan fingerprint density at radius 1 is 1.38 bits per heavy atom. The Labute approximate surface area is 80.0 Å². The van der Waals surface area contributed by atoms with Gasteiger partial charge in [0, 0.05) is 12.2 Å². The largest absolute Gasteiger partial charge is 0.269 e. The van der Waals surface area contributed by atoms with Crippen LogP contribution in [-0.2, 0) is 13.0 Å². The molecule has 0 spiro atoms. The predicted octanol–water partition coefficient (Wildman–Crippen LogP) is 2.47. The van der Waals surface area contributed by atoms with Crippen LogP contribution in [0.4, 0.5) is 0 Å². The Bertz CT molecular complexity index is 308. The van der Waals surface area contributed by atoms with E-state index in [4.69, 9.17) is 0 Å². The van der Waals surface area contributed by atoms with Crippen LogP contribution in [0.5, 0.6) is 0 Å².